The molecule has 1 saturated heterocycles. The summed E-state index contributed by atoms with van der Waals surface area (Å²) in [6, 6.07) is 10.7. The third-order valence-corrected chi connectivity index (χ3v) is 7.06. The van der Waals surface area contributed by atoms with Gasteiger partial charge >= 0.3 is 0 Å². The normalized spacial score (nSPS) is 19.6. The van der Waals surface area contributed by atoms with Crippen molar-refractivity contribution in [2.45, 2.75) is 17.7 Å². The SMILES string of the molecule is NCC1CCN(C(=O)CN2c3cccc4cccc(c34)S2(=O)=O)CC1. The first-order chi connectivity index (χ1) is 12.0. The van der Waals surface area contributed by atoms with Crippen LogP contribution < -0.4 is 10.0 Å². The Morgan fingerprint density at radius 2 is 1.80 bits per heavy atom. The fraction of sp³-hybridized carbons (Fsp3) is 0.389. The Morgan fingerprint density at radius 3 is 2.48 bits per heavy atom. The molecule has 6 nitrogen and oxygen atoms in total. The van der Waals surface area contributed by atoms with Crippen molar-refractivity contribution in [3.8, 4) is 0 Å². The Kier molecular flexibility index (Phi) is 3.92. The minimum absolute atomic E-state index is 0.149. The Labute approximate surface area is 147 Å². The van der Waals surface area contributed by atoms with Crippen LogP contribution in [0.4, 0.5) is 5.69 Å². The number of carbonyl (C=O) groups excluding carboxylic acids is 1. The third kappa shape index (κ3) is 2.58. The van der Waals surface area contributed by atoms with Crippen LogP contribution in [0, 0.1) is 5.92 Å². The molecule has 2 aromatic rings. The number of benzene rings is 2. The Balaban J connectivity index is 1.62. The Hall–Kier alpha value is -2.12. The lowest BCUT2D eigenvalue weighted by Gasteiger charge is -2.32. The van der Waals surface area contributed by atoms with E-state index in [-0.39, 0.29) is 17.3 Å². The van der Waals surface area contributed by atoms with Crippen molar-refractivity contribution in [1.29, 1.82) is 0 Å². The van der Waals surface area contributed by atoms with E-state index in [1.165, 1.54) is 4.31 Å². The van der Waals surface area contributed by atoms with Crippen molar-refractivity contribution in [3.63, 3.8) is 0 Å². The summed E-state index contributed by atoms with van der Waals surface area (Å²) < 4.78 is 27.1. The van der Waals surface area contributed by atoms with Gasteiger partial charge in [-0.25, -0.2) is 8.42 Å². The number of carbonyl (C=O) groups is 1. The van der Waals surface area contributed by atoms with Gasteiger partial charge in [-0.15, -0.1) is 0 Å². The van der Waals surface area contributed by atoms with Gasteiger partial charge < -0.3 is 10.6 Å². The average Bonchev–Trinajstić information content (AvgIpc) is 2.85. The van der Waals surface area contributed by atoms with Crippen LogP contribution in [0.2, 0.25) is 0 Å². The first-order valence-electron chi connectivity index (χ1n) is 8.54. The molecule has 0 atom stereocenters. The first-order valence-corrected chi connectivity index (χ1v) is 9.98. The summed E-state index contributed by atoms with van der Waals surface area (Å²) in [7, 11) is -3.68. The quantitative estimate of drug-likeness (QED) is 0.901. The lowest BCUT2D eigenvalue weighted by Crippen LogP contribution is -2.45. The van der Waals surface area contributed by atoms with E-state index in [1.54, 1.807) is 23.1 Å². The molecule has 0 unspecified atom stereocenters. The van der Waals surface area contributed by atoms with E-state index in [1.807, 2.05) is 18.2 Å². The van der Waals surface area contributed by atoms with E-state index in [0.717, 1.165) is 18.2 Å². The third-order valence-electron chi connectivity index (χ3n) is 5.26. The molecule has 2 aliphatic rings. The van der Waals surface area contributed by atoms with Crippen LogP contribution in [0.5, 0.6) is 0 Å². The molecule has 0 bridgehead atoms. The number of piperidine rings is 1. The number of nitrogens with zero attached hydrogens (tertiary/aromatic N) is 2. The molecule has 2 heterocycles. The van der Waals surface area contributed by atoms with E-state index in [4.69, 9.17) is 5.73 Å². The molecule has 0 spiro atoms. The second-order valence-corrected chi connectivity index (χ2v) is 8.53. The molecule has 0 radical (unpaired) electrons. The number of sulfonamides is 1. The zero-order valence-electron chi connectivity index (χ0n) is 13.9. The summed E-state index contributed by atoms with van der Waals surface area (Å²) in [6.45, 7) is 1.78. The fourth-order valence-electron chi connectivity index (χ4n) is 3.77. The van der Waals surface area contributed by atoms with E-state index in [9.17, 15) is 13.2 Å². The van der Waals surface area contributed by atoms with Gasteiger partial charge in [-0.3, -0.25) is 9.10 Å². The number of amides is 1. The fourth-order valence-corrected chi connectivity index (χ4v) is 5.43. The zero-order valence-corrected chi connectivity index (χ0v) is 14.7. The Morgan fingerprint density at radius 1 is 1.12 bits per heavy atom. The van der Waals surface area contributed by atoms with Crippen LogP contribution in [0.15, 0.2) is 41.3 Å². The van der Waals surface area contributed by atoms with Gasteiger partial charge in [0.15, 0.2) is 0 Å². The van der Waals surface area contributed by atoms with Gasteiger partial charge in [0.05, 0.1) is 10.6 Å². The minimum Gasteiger partial charge on any atom is -0.341 e. The number of rotatable bonds is 3. The van der Waals surface area contributed by atoms with Crippen LogP contribution in [-0.2, 0) is 14.8 Å². The molecule has 25 heavy (non-hydrogen) atoms. The summed E-state index contributed by atoms with van der Waals surface area (Å²) >= 11 is 0. The summed E-state index contributed by atoms with van der Waals surface area (Å²) in [5, 5.41) is 1.58. The van der Waals surface area contributed by atoms with Crippen LogP contribution in [0.25, 0.3) is 10.8 Å². The van der Waals surface area contributed by atoms with Crippen LogP contribution in [0.1, 0.15) is 12.8 Å². The van der Waals surface area contributed by atoms with Gasteiger partial charge in [0.1, 0.15) is 6.54 Å². The van der Waals surface area contributed by atoms with Crippen molar-refractivity contribution in [2.24, 2.45) is 11.7 Å². The molecule has 2 aromatic carbocycles. The highest BCUT2D eigenvalue weighted by Crippen LogP contribution is 2.41. The van der Waals surface area contributed by atoms with Crippen molar-refractivity contribution in [3.05, 3.63) is 36.4 Å². The highest BCUT2D eigenvalue weighted by Gasteiger charge is 2.37. The van der Waals surface area contributed by atoms with Gasteiger partial charge in [0.25, 0.3) is 10.0 Å². The molecule has 0 aromatic heterocycles. The van der Waals surface area contributed by atoms with Gasteiger partial charge in [0.2, 0.25) is 5.91 Å². The highest BCUT2D eigenvalue weighted by atomic mass is 32.2. The molecule has 2 aliphatic heterocycles. The van der Waals surface area contributed by atoms with E-state index in [0.29, 0.717) is 36.6 Å². The predicted molar refractivity (Wildman–Crippen MR) is 96.8 cm³/mol. The molecule has 4 rings (SSSR count). The lowest BCUT2D eigenvalue weighted by molar-refractivity contribution is -0.130. The minimum atomic E-state index is -3.68. The van der Waals surface area contributed by atoms with Gasteiger partial charge in [-0.1, -0.05) is 24.3 Å². The maximum absolute atomic E-state index is 12.9. The molecular weight excluding hydrogens is 338 g/mol. The molecule has 7 heteroatoms. The second-order valence-electron chi connectivity index (χ2n) is 6.70. The molecule has 132 valence electrons. The maximum atomic E-state index is 12.9. The van der Waals surface area contributed by atoms with Gasteiger partial charge in [-0.05, 0) is 42.8 Å². The summed E-state index contributed by atoms with van der Waals surface area (Å²) in [5.41, 5.74) is 6.29. The van der Waals surface area contributed by atoms with Crippen LogP contribution >= 0.6 is 0 Å². The second kappa shape index (κ2) is 6.00. The molecule has 2 N–H and O–H groups in total. The standard InChI is InChI=1S/C18H21N3O3S/c19-11-13-7-9-20(10-8-13)17(22)12-21-15-5-1-3-14-4-2-6-16(18(14)15)25(21,23)24/h1-6,13H,7-12,19H2. The molecule has 1 fully saturated rings. The van der Waals surface area contributed by atoms with E-state index >= 15 is 0 Å². The number of nitrogens with two attached hydrogens (primary N) is 1. The highest BCUT2D eigenvalue weighted by molar-refractivity contribution is 7.93. The predicted octanol–water partition coefficient (Wildman–Crippen LogP) is 1.55. The van der Waals surface area contributed by atoms with Gasteiger partial charge in [0, 0.05) is 18.5 Å². The van der Waals surface area contributed by atoms with E-state index in [2.05, 4.69) is 0 Å². The molecular formula is C18H21N3O3S. The number of hydrogen-bond donors (Lipinski definition) is 1. The monoisotopic (exact) mass is 359 g/mol. The van der Waals surface area contributed by atoms with Crippen molar-refractivity contribution < 1.29 is 13.2 Å². The lowest BCUT2D eigenvalue weighted by atomic mass is 9.97. The molecule has 1 amide bonds. The average molecular weight is 359 g/mol. The van der Waals surface area contributed by atoms with Gasteiger partial charge in [-0.2, -0.15) is 0 Å². The Bertz CT molecular complexity index is 928. The largest absolute Gasteiger partial charge is 0.341 e. The number of likely N-dealkylation sites (tertiary alicyclic amines) is 1. The zero-order chi connectivity index (χ0) is 17.6. The van der Waals surface area contributed by atoms with Crippen molar-refractivity contribution >= 4 is 32.4 Å². The van der Waals surface area contributed by atoms with Crippen LogP contribution in [-0.4, -0.2) is 45.4 Å². The number of hydrogen-bond acceptors (Lipinski definition) is 4. The van der Waals surface area contributed by atoms with E-state index < -0.39 is 10.0 Å². The summed E-state index contributed by atoms with van der Waals surface area (Å²) in [6.07, 6.45) is 1.76. The van der Waals surface area contributed by atoms with Crippen molar-refractivity contribution in [1.82, 2.24) is 4.90 Å². The summed E-state index contributed by atoms with van der Waals surface area (Å²) in [4.78, 5) is 14.7. The van der Waals surface area contributed by atoms with Crippen molar-refractivity contribution in [2.75, 3.05) is 30.5 Å². The maximum Gasteiger partial charge on any atom is 0.265 e. The molecule has 0 aliphatic carbocycles. The molecule has 0 saturated carbocycles. The first kappa shape index (κ1) is 16.4. The smallest absolute Gasteiger partial charge is 0.265 e. The summed E-state index contributed by atoms with van der Waals surface area (Å²) in [5.74, 6) is 0.307. The van der Waals surface area contributed by atoms with Crippen LogP contribution in [0.3, 0.4) is 0 Å². The number of anilines is 1. The topological polar surface area (TPSA) is 83.7 Å².